The van der Waals surface area contributed by atoms with E-state index in [4.69, 9.17) is 5.73 Å². The fourth-order valence-corrected chi connectivity index (χ4v) is 2.99. The molecular formula is C16H24N2. The van der Waals surface area contributed by atoms with Crippen LogP contribution in [0.15, 0.2) is 24.3 Å². The van der Waals surface area contributed by atoms with Gasteiger partial charge >= 0.3 is 0 Å². The SMILES string of the molecule is CN(C1CCC1)C(CN)c1ccc(C2CC2)cc1. The molecule has 2 nitrogen and oxygen atoms in total. The van der Waals surface area contributed by atoms with Crippen molar-refractivity contribution in [3.8, 4) is 0 Å². The van der Waals surface area contributed by atoms with E-state index < -0.39 is 0 Å². The highest BCUT2D eigenvalue weighted by atomic mass is 15.2. The quantitative estimate of drug-likeness (QED) is 0.862. The average Bonchev–Trinajstić information content (AvgIpc) is 3.12. The number of nitrogens with two attached hydrogens (primary N) is 1. The van der Waals surface area contributed by atoms with Gasteiger partial charge in [0.15, 0.2) is 0 Å². The Morgan fingerprint density at radius 1 is 1.17 bits per heavy atom. The second-order valence-electron chi connectivity index (χ2n) is 5.94. The van der Waals surface area contributed by atoms with Gasteiger partial charge in [-0.15, -0.1) is 0 Å². The number of hydrogen-bond donors (Lipinski definition) is 1. The molecule has 2 fully saturated rings. The molecule has 0 radical (unpaired) electrons. The number of nitrogens with zero attached hydrogens (tertiary/aromatic N) is 1. The van der Waals surface area contributed by atoms with Gasteiger partial charge in [-0.05, 0) is 49.8 Å². The molecule has 2 aliphatic rings. The Morgan fingerprint density at radius 2 is 1.83 bits per heavy atom. The van der Waals surface area contributed by atoms with E-state index in [2.05, 4.69) is 36.2 Å². The minimum absolute atomic E-state index is 0.392. The van der Waals surface area contributed by atoms with Crippen molar-refractivity contribution in [3.05, 3.63) is 35.4 Å². The number of benzene rings is 1. The Kier molecular flexibility index (Phi) is 3.40. The molecule has 2 aliphatic carbocycles. The summed E-state index contributed by atoms with van der Waals surface area (Å²) in [5.74, 6) is 0.847. The molecule has 1 aromatic rings. The molecule has 1 aromatic carbocycles. The fourth-order valence-electron chi connectivity index (χ4n) is 2.99. The van der Waals surface area contributed by atoms with Crippen molar-refractivity contribution >= 4 is 0 Å². The Bertz CT molecular complexity index is 390. The first-order valence-electron chi connectivity index (χ1n) is 7.31. The summed E-state index contributed by atoms with van der Waals surface area (Å²) in [4.78, 5) is 2.48. The molecule has 0 aromatic heterocycles. The van der Waals surface area contributed by atoms with Crippen LogP contribution in [0, 0.1) is 0 Å². The van der Waals surface area contributed by atoms with E-state index in [9.17, 15) is 0 Å². The van der Waals surface area contributed by atoms with Gasteiger partial charge in [-0.1, -0.05) is 30.7 Å². The van der Waals surface area contributed by atoms with Crippen LogP contribution >= 0.6 is 0 Å². The molecule has 0 bridgehead atoms. The molecular weight excluding hydrogens is 220 g/mol. The summed E-state index contributed by atoms with van der Waals surface area (Å²) in [6, 6.07) is 10.3. The van der Waals surface area contributed by atoms with Gasteiger partial charge < -0.3 is 5.73 Å². The lowest BCUT2D eigenvalue weighted by atomic mass is 9.89. The van der Waals surface area contributed by atoms with Crippen LogP contribution < -0.4 is 5.73 Å². The molecule has 2 N–H and O–H groups in total. The minimum atomic E-state index is 0.392. The molecule has 0 aliphatic heterocycles. The third-order valence-electron chi connectivity index (χ3n) is 4.74. The lowest BCUT2D eigenvalue weighted by Crippen LogP contribution is -2.42. The van der Waals surface area contributed by atoms with E-state index in [1.807, 2.05) is 0 Å². The molecule has 1 atom stereocenters. The normalized spacial score (nSPS) is 21.9. The summed E-state index contributed by atoms with van der Waals surface area (Å²) in [6.45, 7) is 0.718. The molecule has 3 rings (SSSR count). The van der Waals surface area contributed by atoms with E-state index in [0.29, 0.717) is 6.04 Å². The van der Waals surface area contributed by atoms with Gasteiger partial charge in [0.05, 0.1) is 0 Å². The van der Waals surface area contributed by atoms with Crippen LogP contribution in [0.1, 0.15) is 55.2 Å². The summed E-state index contributed by atoms with van der Waals surface area (Å²) in [5, 5.41) is 0. The number of hydrogen-bond acceptors (Lipinski definition) is 2. The van der Waals surface area contributed by atoms with Crippen molar-refractivity contribution in [2.75, 3.05) is 13.6 Å². The van der Waals surface area contributed by atoms with Crippen molar-refractivity contribution in [1.29, 1.82) is 0 Å². The molecule has 2 saturated carbocycles. The molecule has 18 heavy (non-hydrogen) atoms. The second kappa shape index (κ2) is 5.02. The Morgan fingerprint density at radius 3 is 2.28 bits per heavy atom. The number of likely N-dealkylation sites (N-methyl/N-ethyl adjacent to an activating group) is 1. The monoisotopic (exact) mass is 244 g/mol. The Labute approximate surface area is 110 Å². The average molecular weight is 244 g/mol. The lowest BCUT2D eigenvalue weighted by Gasteiger charge is -2.39. The molecule has 0 heterocycles. The van der Waals surface area contributed by atoms with Gasteiger partial charge in [-0.3, -0.25) is 4.90 Å². The van der Waals surface area contributed by atoms with Crippen LogP contribution in [-0.4, -0.2) is 24.5 Å². The van der Waals surface area contributed by atoms with Gasteiger partial charge in [0.25, 0.3) is 0 Å². The van der Waals surface area contributed by atoms with Crippen molar-refractivity contribution in [2.45, 2.75) is 50.1 Å². The van der Waals surface area contributed by atoms with Gasteiger partial charge in [0, 0.05) is 18.6 Å². The third-order valence-corrected chi connectivity index (χ3v) is 4.74. The van der Waals surface area contributed by atoms with Crippen LogP contribution in [0.3, 0.4) is 0 Å². The fraction of sp³-hybridized carbons (Fsp3) is 0.625. The van der Waals surface area contributed by atoms with Gasteiger partial charge in [-0.25, -0.2) is 0 Å². The van der Waals surface area contributed by atoms with Crippen molar-refractivity contribution < 1.29 is 0 Å². The highest BCUT2D eigenvalue weighted by Crippen LogP contribution is 2.40. The van der Waals surface area contributed by atoms with E-state index >= 15 is 0 Å². The predicted octanol–water partition coefficient (Wildman–Crippen LogP) is 3.05. The summed E-state index contributed by atoms with van der Waals surface area (Å²) < 4.78 is 0. The Balaban J connectivity index is 1.73. The minimum Gasteiger partial charge on any atom is -0.329 e. The summed E-state index contributed by atoms with van der Waals surface area (Å²) in [7, 11) is 2.23. The summed E-state index contributed by atoms with van der Waals surface area (Å²) in [5.41, 5.74) is 8.89. The Hall–Kier alpha value is -0.860. The van der Waals surface area contributed by atoms with Crippen molar-refractivity contribution in [2.24, 2.45) is 5.73 Å². The molecule has 0 saturated heterocycles. The van der Waals surface area contributed by atoms with Crippen molar-refractivity contribution in [1.82, 2.24) is 4.90 Å². The van der Waals surface area contributed by atoms with Crippen molar-refractivity contribution in [3.63, 3.8) is 0 Å². The highest BCUT2D eigenvalue weighted by molar-refractivity contribution is 5.30. The lowest BCUT2D eigenvalue weighted by molar-refractivity contribution is 0.113. The largest absolute Gasteiger partial charge is 0.329 e. The highest BCUT2D eigenvalue weighted by Gasteiger charge is 2.28. The first-order valence-corrected chi connectivity index (χ1v) is 7.31. The van der Waals surface area contributed by atoms with Gasteiger partial charge in [0.1, 0.15) is 0 Å². The van der Waals surface area contributed by atoms with Gasteiger partial charge in [0.2, 0.25) is 0 Å². The second-order valence-corrected chi connectivity index (χ2v) is 5.94. The maximum absolute atomic E-state index is 5.99. The van der Waals surface area contributed by atoms with Crippen LogP contribution in [0.4, 0.5) is 0 Å². The maximum Gasteiger partial charge on any atom is 0.0470 e. The zero-order valence-electron chi connectivity index (χ0n) is 11.3. The smallest absolute Gasteiger partial charge is 0.0470 e. The maximum atomic E-state index is 5.99. The first kappa shape index (κ1) is 12.2. The first-order chi connectivity index (χ1) is 8.79. The molecule has 1 unspecified atom stereocenters. The standard InChI is InChI=1S/C16H24N2/c1-18(15-3-2-4-15)16(11-17)14-9-7-13(8-10-14)12-5-6-12/h7-10,12,15-16H,2-6,11,17H2,1H3. The van der Waals surface area contributed by atoms with E-state index in [0.717, 1.165) is 18.5 Å². The molecule has 0 spiro atoms. The topological polar surface area (TPSA) is 29.3 Å². The predicted molar refractivity (Wildman–Crippen MR) is 75.6 cm³/mol. The van der Waals surface area contributed by atoms with Crippen LogP contribution in [0.2, 0.25) is 0 Å². The van der Waals surface area contributed by atoms with Crippen LogP contribution in [0.25, 0.3) is 0 Å². The van der Waals surface area contributed by atoms with E-state index in [1.165, 1.54) is 43.2 Å². The third kappa shape index (κ3) is 2.32. The van der Waals surface area contributed by atoms with E-state index in [-0.39, 0.29) is 0 Å². The van der Waals surface area contributed by atoms with Crippen LogP contribution in [0.5, 0.6) is 0 Å². The van der Waals surface area contributed by atoms with E-state index in [1.54, 1.807) is 0 Å². The van der Waals surface area contributed by atoms with Gasteiger partial charge in [-0.2, -0.15) is 0 Å². The zero-order chi connectivity index (χ0) is 12.5. The summed E-state index contributed by atoms with van der Waals surface area (Å²) >= 11 is 0. The molecule has 0 amide bonds. The number of rotatable bonds is 5. The zero-order valence-corrected chi connectivity index (χ0v) is 11.3. The van der Waals surface area contributed by atoms with Crippen LogP contribution in [-0.2, 0) is 0 Å². The molecule has 98 valence electrons. The summed E-state index contributed by atoms with van der Waals surface area (Å²) in [6.07, 6.45) is 6.82. The molecule has 2 heteroatoms.